The molecule has 0 aliphatic carbocycles. The summed E-state index contributed by atoms with van der Waals surface area (Å²) in [6, 6.07) is 0. The molecule has 1 heterocycles. The highest BCUT2D eigenvalue weighted by atomic mass is 35.6. The monoisotopic (exact) mass is 266 g/mol. The molecule has 0 bridgehead atoms. The van der Waals surface area contributed by atoms with Crippen LogP contribution in [0.5, 0.6) is 0 Å². The molecule has 0 amide bonds. The van der Waals surface area contributed by atoms with E-state index in [2.05, 4.69) is 9.97 Å². The molecule has 5 nitrogen and oxygen atoms in total. The molecule has 1 rings (SSSR count). The third-order valence-corrected chi connectivity index (χ3v) is 3.04. The van der Waals surface area contributed by atoms with Gasteiger partial charge in [-0.15, -0.1) is 0 Å². The first-order valence-electron chi connectivity index (χ1n) is 2.71. The summed E-state index contributed by atoms with van der Waals surface area (Å²) in [5, 5.41) is 0. The van der Waals surface area contributed by atoms with E-state index in [0.29, 0.717) is 0 Å². The fourth-order valence-corrected chi connectivity index (χ4v) is 0.215. The lowest BCUT2D eigenvalue weighted by molar-refractivity contribution is 0.483. The Hall–Kier alpha value is -0.0100. The molecule has 0 unspecified atom stereocenters. The van der Waals surface area contributed by atoms with Gasteiger partial charge >= 0.3 is 13.2 Å². The Morgan fingerprint density at radius 3 is 1.92 bits per heavy atom. The summed E-state index contributed by atoms with van der Waals surface area (Å²) in [6.45, 7) is 0. The molecule has 76 valence electrons. The number of hydrogen-bond donors (Lipinski definition) is 2. The average molecular weight is 268 g/mol. The van der Waals surface area contributed by atoms with Gasteiger partial charge in [-0.25, -0.2) is 4.98 Å². The first-order chi connectivity index (χ1) is 5.75. The Kier molecular flexibility index (Phi) is 5.01. The van der Waals surface area contributed by atoms with Crippen LogP contribution in [0.2, 0.25) is 0 Å². The van der Waals surface area contributed by atoms with Crippen LogP contribution in [0, 0.1) is 0 Å². The molecule has 9 heteroatoms. The number of aromatic amines is 1. The number of rotatable bonds is 0. The van der Waals surface area contributed by atoms with Gasteiger partial charge in [-0.2, -0.15) is 8.42 Å². The predicted molar refractivity (Wildman–Crippen MR) is 50.4 cm³/mol. The van der Waals surface area contributed by atoms with Crippen molar-refractivity contribution in [1.29, 1.82) is 0 Å². The van der Waals surface area contributed by atoms with Crippen LogP contribution in [-0.2, 0) is 10.1 Å². The Morgan fingerprint density at radius 1 is 1.38 bits per heavy atom. The molecule has 0 aromatic carbocycles. The summed E-state index contributed by atoms with van der Waals surface area (Å²) in [5.74, 6) is 0. The van der Waals surface area contributed by atoms with Gasteiger partial charge < -0.3 is 4.98 Å². The summed E-state index contributed by atoms with van der Waals surface area (Å²) in [6.07, 6.45) is 5.08. The average Bonchev–Trinajstić information content (AvgIpc) is 2.35. The van der Waals surface area contributed by atoms with E-state index in [9.17, 15) is 8.42 Å². The smallest absolute Gasteiger partial charge is 0.317 e. The predicted octanol–water partition coefficient (Wildman–Crippen LogP) is 1.61. The molecule has 0 atom stereocenters. The largest absolute Gasteiger partial charge is 0.351 e. The molecule has 1 aromatic rings. The van der Waals surface area contributed by atoms with Crippen molar-refractivity contribution in [1.82, 2.24) is 9.97 Å². The van der Waals surface area contributed by atoms with Gasteiger partial charge in [-0.05, 0) is 0 Å². The van der Waals surface area contributed by atoms with Gasteiger partial charge in [0, 0.05) is 12.4 Å². The van der Waals surface area contributed by atoms with E-state index in [1.54, 1.807) is 18.7 Å². The summed E-state index contributed by atoms with van der Waals surface area (Å²) in [4.78, 5) is 6.42. The van der Waals surface area contributed by atoms with Gasteiger partial charge in [0.05, 0.1) is 6.33 Å². The van der Waals surface area contributed by atoms with E-state index in [1.165, 1.54) is 0 Å². The minimum absolute atomic E-state index is 1.62. The minimum atomic E-state index is -4.54. The number of nitrogens with one attached hydrogen (secondary N) is 1. The number of imidazole rings is 1. The topological polar surface area (TPSA) is 83.0 Å². The quantitative estimate of drug-likeness (QED) is 0.552. The lowest BCUT2D eigenvalue weighted by Crippen LogP contribution is -2.17. The summed E-state index contributed by atoms with van der Waals surface area (Å²) < 4.78 is 24.9. The van der Waals surface area contributed by atoms with E-state index in [1.807, 2.05) is 0 Å². The van der Waals surface area contributed by atoms with Crippen LogP contribution in [0.4, 0.5) is 0 Å². The second-order valence-corrected chi connectivity index (χ2v) is 6.20. The van der Waals surface area contributed by atoms with Gasteiger partial charge in [-0.3, -0.25) is 4.55 Å². The maximum absolute atomic E-state index is 9.81. The zero-order chi connectivity index (χ0) is 10.5. The Bertz CT molecular complexity index is 300. The third-order valence-electron chi connectivity index (χ3n) is 0.698. The Morgan fingerprint density at radius 2 is 1.85 bits per heavy atom. The van der Waals surface area contributed by atoms with Crippen molar-refractivity contribution in [2.75, 3.05) is 0 Å². The molecule has 0 radical (unpaired) electrons. The molecule has 0 spiro atoms. The fraction of sp³-hybridized carbons (Fsp3) is 0.250. The maximum Gasteiger partial charge on any atom is 0.317 e. The maximum atomic E-state index is 9.81. The van der Waals surface area contributed by atoms with Crippen molar-refractivity contribution in [3.05, 3.63) is 18.7 Å². The normalized spacial score (nSPS) is 11.7. The molecule has 0 saturated heterocycles. The molecule has 13 heavy (non-hydrogen) atoms. The van der Waals surface area contributed by atoms with E-state index in [4.69, 9.17) is 39.4 Å². The highest BCUT2D eigenvalue weighted by molar-refractivity contribution is 7.92. The molecular weight excluding hydrogens is 262 g/mol. The zero-order valence-electron chi connectivity index (χ0n) is 5.99. The van der Waals surface area contributed by atoms with Gasteiger partial charge in [-0.1, -0.05) is 34.8 Å². The zero-order valence-corrected chi connectivity index (χ0v) is 9.07. The lowest BCUT2D eigenvalue weighted by atomic mass is 11.0. The van der Waals surface area contributed by atoms with Crippen LogP contribution < -0.4 is 0 Å². The number of aromatic nitrogens is 2. The highest BCUT2D eigenvalue weighted by Crippen LogP contribution is 2.31. The minimum Gasteiger partial charge on any atom is -0.351 e. The van der Waals surface area contributed by atoms with E-state index >= 15 is 0 Å². The summed E-state index contributed by atoms with van der Waals surface area (Å²) in [5.41, 5.74) is 0. The molecule has 0 aliphatic rings. The van der Waals surface area contributed by atoms with Crippen LogP contribution in [0.15, 0.2) is 18.7 Å². The van der Waals surface area contributed by atoms with Crippen LogP contribution in [0.1, 0.15) is 0 Å². The third kappa shape index (κ3) is 6.11. The van der Waals surface area contributed by atoms with Gasteiger partial charge in [0.25, 0.3) is 0 Å². The molecule has 1 aromatic heterocycles. The highest BCUT2D eigenvalue weighted by Gasteiger charge is 2.35. The molecule has 0 saturated carbocycles. The van der Waals surface area contributed by atoms with Gasteiger partial charge in [0.15, 0.2) is 0 Å². The molecule has 2 N–H and O–H groups in total. The molecular formula is C4H5Cl3N2O3S. The second kappa shape index (κ2) is 5.02. The van der Waals surface area contributed by atoms with E-state index in [0.717, 1.165) is 0 Å². The van der Waals surface area contributed by atoms with Crippen molar-refractivity contribution in [2.24, 2.45) is 0 Å². The summed E-state index contributed by atoms with van der Waals surface area (Å²) in [7, 11) is -4.54. The van der Waals surface area contributed by atoms with E-state index < -0.39 is 13.2 Å². The van der Waals surface area contributed by atoms with Crippen molar-refractivity contribution in [2.45, 2.75) is 3.12 Å². The fourth-order valence-electron chi connectivity index (χ4n) is 0.215. The van der Waals surface area contributed by atoms with Crippen molar-refractivity contribution < 1.29 is 13.0 Å². The van der Waals surface area contributed by atoms with Gasteiger partial charge in [0.2, 0.25) is 0 Å². The molecule has 0 fully saturated rings. The van der Waals surface area contributed by atoms with Crippen molar-refractivity contribution in [3.63, 3.8) is 0 Å². The van der Waals surface area contributed by atoms with Crippen LogP contribution in [0.25, 0.3) is 0 Å². The lowest BCUT2D eigenvalue weighted by Gasteiger charge is -2.03. The SMILES string of the molecule is O=S(=O)(O)C(Cl)(Cl)Cl.c1c[nH]cn1. The Balaban J connectivity index is 0.000000243. The Labute approximate surface area is 89.8 Å². The number of halogens is 3. The van der Waals surface area contributed by atoms with Crippen LogP contribution in [-0.4, -0.2) is 26.1 Å². The standard InChI is InChI=1S/C3H4N2.CHCl3O3S/c1-2-5-3-4-1;2-1(3,4)8(5,6)7/h1-3H,(H,4,5);(H,5,6,7). The first-order valence-corrected chi connectivity index (χ1v) is 5.29. The second-order valence-electron chi connectivity index (χ2n) is 1.68. The van der Waals surface area contributed by atoms with Crippen LogP contribution >= 0.6 is 34.8 Å². The molecule has 0 aliphatic heterocycles. The number of nitrogens with zero attached hydrogens (tertiary/aromatic N) is 1. The number of hydrogen-bond acceptors (Lipinski definition) is 3. The van der Waals surface area contributed by atoms with Crippen molar-refractivity contribution in [3.8, 4) is 0 Å². The van der Waals surface area contributed by atoms with Crippen LogP contribution in [0.3, 0.4) is 0 Å². The van der Waals surface area contributed by atoms with Gasteiger partial charge in [0.1, 0.15) is 0 Å². The first kappa shape index (κ1) is 13.0. The summed E-state index contributed by atoms with van der Waals surface area (Å²) >= 11 is 14.1. The number of alkyl halides is 3. The van der Waals surface area contributed by atoms with Crippen molar-refractivity contribution >= 4 is 44.9 Å². The van der Waals surface area contributed by atoms with E-state index in [-0.39, 0.29) is 0 Å². The number of H-pyrrole nitrogens is 1.